The topological polar surface area (TPSA) is 133 Å². The Morgan fingerprint density at radius 1 is 1.38 bits per heavy atom. The molecular weight excluding hydrogens is 336 g/mol. The Labute approximate surface area is 142 Å². The van der Waals surface area contributed by atoms with Gasteiger partial charge < -0.3 is 15.7 Å². The minimum absolute atomic E-state index is 0.165. The zero-order chi connectivity index (χ0) is 17.9. The van der Waals surface area contributed by atoms with E-state index in [1.165, 1.54) is 18.2 Å². The molecule has 3 N–H and O–H groups in total. The van der Waals surface area contributed by atoms with Gasteiger partial charge in [0.25, 0.3) is 5.91 Å². The minimum atomic E-state index is -1.17. The molecule has 0 spiro atoms. The SMILES string of the molecule is N#CC(C(N)=O)=C(O)c1ccc(Cl)c(N2CCCCC2)c1[N+](=O)[O-]. The van der Waals surface area contributed by atoms with Crippen molar-refractivity contribution in [1.82, 2.24) is 0 Å². The van der Waals surface area contributed by atoms with Crippen LogP contribution in [0.1, 0.15) is 24.8 Å². The van der Waals surface area contributed by atoms with Gasteiger partial charge >= 0.3 is 5.69 Å². The highest BCUT2D eigenvalue weighted by atomic mass is 35.5. The number of aliphatic hydroxyl groups excluding tert-OH is 1. The predicted octanol–water partition coefficient (Wildman–Crippen LogP) is 2.52. The van der Waals surface area contributed by atoms with E-state index in [0.717, 1.165) is 19.3 Å². The molecule has 1 heterocycles. The Morgan fingerprint density at radius 2 is 2.00 bits per heavy atom. The van der Waals surface area contributed by atoms with E-state index in [4.69, 9.17) is 22.6 Å². The van der Waals surface area contributed by atoms with Crippen LogP contribution in [0.3, 0.4) is 0 Å². The van der Waals surface area contributed by atoms with Crippen LogP contribution in [0.25, 0.3) is 5.76 Å². The molecule has 0 aromatic heterocycles. The van der Waals surface area contributed by atoms with E-state index in [9.17, 15) is 20.0 Å². The van der Waals surface area contributed by atoms with Gasteiger partial charge in [-0.2, -0.15) is 5.26 Å². The number of piperidine rings is 1. The number of nitro groups is 1. The van der Waals surface area contributed by atoms with Crippen molar-refractivity contribution >= 4 is 34.6 Å². The molecular formula is C15H15ClN4O4. The van der Waals surface area contributed by atoms with Gasteiger partial charge in [-0.15, -0.1) is 0 Å². The minimum Gasteiger partial charge on any atom is -0.505 e. The van der Waals surface area contributed by atoms with Gasteiger partial charge in [0, 0.05) is 13.1 Å². The standard InChI is InChI=1S/C15H15ClN4O4/c16-11-5-4-9(14(21)10(8-17)15(18)22)12(20(23)24)13(11)19-6-2-1-3-7-19/h4-5,21H,1-3,6-7H2,(H2,18,22). The summed E-state index contributed by atoms with van der Waals surface area (Å²) in [5.74, 6) is -2.00. The molecule has 1 aliphatic rings. The number of aliphatic hydroxyl groups is 1. The van der Waals surface area contributed by atoms with Gasteiger partial charge in [-0.25, -0.2) is 0 Å². The van der Waals surface area contributed by atoms with Crippen molar-refractivity contribution in [3.63, 3.8) is 0 Å². The van der Waals surface area contributed by atoms with Crippen molar-refractivity contribution in [2.24, 2.45) is 5.73 Å². The van der Waals surface area contributed by atoms with E-state index in [-0.39, 0.29) is 16.3 Å². The van der Waals surface area contributed by atoms with Crippen LogP contribution in [0.4, 0.5) is 11.4 Å². The molecule has 24 heavy (non-hydrogen) atoms. The molecule has 1 fully saturated rings. The number of amides is 1. The Morgan fingerprint density at radius 3 is 2.50 bits per heavy atom. The summed E-state index contributed by atoms with van der Waals surface area (Å²) in [6.07, 6.45) is 2.75. The van der Waals surface area contributed by atoms with E-state index >= 15 is 0 Å². The lowest BCUT2D eigenvalue weighted by Gasteiger charge is -2.29. The Kier molecular flexibility index (Phi) is 5.26. The van der Waals surface area contributed by atoms with E-state index in [0.29, 0.717) is 13.1 Å². The molecule has 9 heteroatoms. The van der Waals surface area contributed by atoms with E-state index in [1.54, 1.807) is 4.90 Å². The average molecular weight is 351 g/mol. The molecule has 0 radical (unpaired) electrons. The van der Waals surface area contributed by atoms with Crippen LogP contribution in [-0.4, -0.2) is 29.0 Å². The maximum Gasteiger partial charge on any atom is 0.305 e. The van der Waals surface area contributed by atoms with Crippen molar-refractivity contribution in [2.75, 3.05) is 18.0 Å². The Bertz CT molecular complexity index is 763. The quantitative estimate of drug-likeness (QED) is 0.282. The van der Waals surface area contributed by atoms with Crippen LogP contribution < -0.4 is 10.6 Å². The highest BCUT2D eigenvalue weighted by molar-refractivity contribution is 6.34. The smallest absolute Gasteiger partial charge is 0.305 e. The molecule has 0 aliphatic carbocycles. The summed E-state index contributed by atoms with van der Waals surface area (Å²) in [6.45, 7) is 1.19. The number of nitriles is 1. The van der Waals surface area contributed by atoms with Crippen LogP contribution in [0.2, 0.25) is 5.02 Å². The third-order valence-corrected chi connectivity index (χ3v) is 4.11. The Hall–Kier alpha value is -2.79. The first-order valence-electron chi connectivity index (χ1n) is 7.23. The van der Waals surface area contributed by atoms with Gasteiger partial charge in [0.15, 0.2) is 11.3 Å². The average Bonchev–Trinajstić information content (AvgIpc) is 2.55. The summed E-state index contributed by atoms with van der Waals surface area (Å²) in [5, 5.41) is 30.9. The fourth-order valence-corrected chi connectivity index (χ4v) is 2.98. The molecule has 1 saturated heterocycles. The van der Waals surface area contributed by atoms with E-state index < -0.39 is 27.9 Å². The number of nitro benzene ring substituents is 1. The summed E-state index contributed by atoms with van der Waals surface area (Å²) in [6, 6.07) is 4.05. The fraction of sp³-hybridized carbons (Fsp3) is 0.333. The number of hydrogen-bond donors (Lipinski definition) is 2. The molecule has 0 bridgehead atoms. The maximum atomic E-state index is 11.6. The first-order valence-corrected chi connectivity index (χ1v) is 7.61. The third-order valence-electron chi connectivity index (χ3n) is 3.81. The second kappa shape index (κ2) is 7.19. The van der Waals surface area contributed by atoms with Crippen molar-refractivity contribution in [3.05, 3.63) is 38.4 Å². The zero-order valence-corrected chi connectivity index (χ0v) is 13.4. The lowest BCUT2D eigenvalue weighted by molar-refractivity contribution is -0.384. The number of carbonyl (C=O) groups excluding carboxylic acids is 1. The van der Waals surface area contributed by atoms with Gasteiger partial charge in [-0.3, -0.25) is 14.9 Å². The number of nitrogens with zero attached hydrogens (tertiary/aromatic N) is 3. The second-order valence-corrected chi connectivity index (χ2v) is 5.70. The molecule has 1 amide bonds. The predicted molar refractivity (Wildman–Crippen MR) is 88.5 cm³/mol. The highest BCUT2D eigenvalue weighted by Gasteiger charge is 2.31. The molecule has 0 atom stereocenters. The number of anilines is 1. The fourth-order valence-electron chi connectivity index (χ4n) is 2.71. The van der Waals surface area contributed by atoms with Crippen LogP contribution in [0.15, 0.2) is 17.7 Å². The van der Waals surface area contributed by atoms with Crippen molar-refractivity contribution in [3.8, 4) is 6.07 Å². The number of nitrogens with two attached hydrogens (primary N) is 1. The van der Waals surface area contributed by atoms with Crippen LogP contribution in [0, 0.1) is 21.4 Å². The number of rotatable bonds is 4. The molecule has 2 rings (SSSR count). The maximum absolute atomic E-state index is 11.6. The van der Waals surface area contributed by atoms with Gasteiger partial charge in [0.05, 0.1) is 15.5 Å². The number of hydrogen-bond acceptors (Lipinski definition) is 6. The normalized spacial score (nSPS) is 15.4. The number of primary amides is 1. The van der Waals surface area contributed by atoms with Crippen LogP contribution >= 0.6 is 11.6 Å². The van der Waals surface area contributed by atoms with Crippen LogP contribution in [-0.2, 0) is 4.79 Å². The van der Waals surface area contributed by atoms with Crippen molar-refractivity contribution in [2.45, 2.75) is 19.3 Å². The zero-order valence-electron chi connectivity index (χ0n) is 12.7. The van der Waals surface area contributed by atoms with Gasteiger partial charge in [0.1, 0.15) is 11.8 Å². The Balaban J connectivity index is 2.73. The van der Waals surface area contributed by atoms with E-state index in [1.807, 2.05) is 0 Å². The summed E-state index contributed by atoms with van der Waals surface area (Å²) < 4.78 is 0. The molecule has 126 valence electrons. The number of carbonyl (C=O) groups is 1. The summed E-state index contributed by atoms with van der Waals surface area (Å²) in [5.41, 5.74) is 3.75. The third kappa shape index (κ3) is 3.26. The lowest BCUT2D eigenvalue weighted by atomic mass is 10.0. The molecule has 1 aromatic carbocycles. The molecule has 8 nitrogen and oxygen atoms in total. The van der Waals surface area contributed by atoms with Gasteiger partial charge in [-0.1, -0.05) is 11.6 Å². The monoisotopic (exact) mass is 350 g/mol. The molecule has 0 saturated carbocycles. The van der Waals surface area contributed by atoms with Gasteiger partial charge in [-0.05, 0) is 31.4 Å². The summed E-state index contributed by atoms with van der Waals surface area (Å²) in [7, 11) is 0. The van der Waals surface area contributed by atoms with Crippen molar-refractivity contribution in [1.29, 1.82) is 5.26 Å². The summed E-state index contributed by atoms with van der Waals surface area (Å²) in [4.78, 5) is 24.0. The molecule has 1 aromatic rings. The lowest BCUT2D eigenvalue weighted by Crippen LogP contribution is -2.30. The second-order valence-electron chi connectivity index (χ2n) is 5.30. The first-order chi connectivity index (χ1) is 11.4. The van der Waals surface area contributed by atoms with Gasteiger partial charge in [0.2, 0.25) is 0 Å². The van der Waals surface area contributed by atoms with Crippen molar-refractivity contribution < 1.29 is 14.8 Å². The summed E-state index contributed by atoms with van der Waals surface area (Å²) >= 11 is 6.16. The first kappa shape index (κ1) is 17.6. The molecule has 0 unspecified atom stereocenters. The van der Waals surface area contributed by atoms with E-state index in [2.05, 4.69) is 0 Å². The largest absolute Gasteiger partial charge is 0.505 e. The number of halogens is 1. The molecule has 1 aliphatic heterocycles. The highest BCUT2D eigenvalue weighted by Crippen LogP contribution is 2.42. The number of benzene rings is 1. The van der Waals surface area contributed by atoms with Crippen LogP contribution in [0.5, 0.6) is 0 Å².